The first-order valence-electron chi connectivity index (χ1n) is 5.38. The van der Waals surface area contributed by atoms with Crippen LogP contribution in [-0.2, 0) is 6.54 Å². The van der Waals surface area contributed by atoms with Crippen molar-refractivity contribution in [3.05, 3.63) is 47.0 Å². The van der Waals surface area contributed by atoms with E-state index in [-0.39, 0.29) is 0 Å². The third-order valence-corrected chi connectivity index (χ3v) is 3.60. The normalized spacial score (nSPS) is 10.4. The second-order valence-corrected chi connectivity index (χ2v) is 5.18. The molecule has 0 radical (unpaired) electrons. The van der Waals surface area contributed by atoms with Crippen molar-refractivity contribution < 1.29 is 0 Å². The Morgan fingerprint density at radius 3 is 3.00 bits per heavy atom. The van der Waals surface area contributed by atoms with Gasteiger partial charge in [-0.05, 0) is 24.1 Å². The molecule has 0 unspecified atom stereocenters. The van der Waals surface area contributed by atoms with Crippen molar-refractivity contribution in [2.45, 2.75) is 13.5 Å². The number of hydrogen-bond donors (Lipinski definition) is 1. The average molecular weight is 256 g/mol. The molecule has 0 aliphatic rings. The fraction of sp³-hybridized carbons (Fsp3) is 0.385. The summed E-state index contributed by atoms with van der Waals surface area (Å²) in [5, 5.41) is 4.24. The Labute approximate surface area is 107 Å². The molecule has 1 nitrogen and oxygen atoms in total. The number of hydrogen-bond acceptors (Lipinski definition) is 2. The molecule has 88 valence electrons. The number of aryl methyl sites for hydroxylation is 1. The van der Waals surface area contributed by atoms with Crippen LogP contribution >= 0.6 is 23.4 Å². The molecule has 0 saturated heterocycles. The molecule has 1 rings (SSSR count). The molecule has 3 heteroatoms. The maximum absolute atomic E-state index is 6.05. The molecule has 16 heavy (non-hydrogen) atoms. The number of nitrogens with one attached hydrogen (secondary N) is 1. The SMILES string of the molecule is C=CCSCCNCc1ccc(C)c(Cl)c1. The summed E-state index contributed by atoms with van der Waals surface area (Å²) in [5.74, 6) is 2.14. The Hall–Kier alpha value is -0.440. The minimum Gasteiger partial charge on any atom is -0.312 e. The molecule has 0 heterocycles. The average Bonchev–Trinajstić information content (AvgIpc) is 2.28. The third-order valence-electron chi connectivity index (χ3n) is 2.22. The largest absolute Gasteiger partial charge is 0.312 e. The van der Waals surface area contributed by atoms with Gasteiger partial charge in [-0.1, -0.05) is 29.8 Å². The molecule has 0 aromatic heterocycles. The third kappa shape index (κ3) is 5.06. The Kier molecular flexibility index (Phi) is 6.62. The van der Waals surface area contributed by atoms with Gasteiger partial charge in [-0.25, -0.2) is 0 Å². The summed E-state index contributed by atoms with van der Waals surface area (Å²) in [4.78, 5) is 0. The monoisotopic (exact) mass is 255 g/mol. The van der Waals surface area contributed by atoms with E-state index in [2.05, 4.69) is 24.0 Å². The fourth-order valence-corrected chi connectivity index (χ4v) is 2.12. The summed E-state index contributed by atoms with van der Waals surface area (Å²) >= 11 is 7.94. The van der Waals surface area contributed by atoms with Crippen LogP contribution in [0.2, 0.25) is 5.02 Å². The lowest BCUT2D eigenvalue weighted by molar-refractivity contribution is 0.732. The Morgan fingerprint density at radius 1 is 1.50 bits per heavy atom. The molecule has 1 aromatic carbocycles. The molecule has 0 atom stereocenters. The van der Waals surface area contributed by atoms with Crippen molar-refractivity contribution in [1.29, 1.82) is 0 Å². The summed E-state index contributed by atoms with van der Waals surface area (Å²) in [6, 6.07) is 6.21. The van der Waals surface area contributed by atoms with Crippen molar-refractivity contribution in [3.63, 3.8) is 0 Å². The molecular weight excluding hydrogens is 238 g/mol. The van der Waals surface area contributed by atoms with Gasteiger partial charge in [0.05, 0.1) is 0 Å². The first-order chi connectivity index (χ1) is 7.74. The first kappa shape index (κ1) is 13.6. The Morgan fingerprint density at radius 2 is 2.31 bits per heavy atom. The van der Waals surface area contributed by atoms with Crippen molar-refractivity contribution in [2.75, 3.05) is 18.1 Å². The van der Waals surface area contributed by atoms with Crippen LogP contribution in [0, 0.1) is 6.92 Å². The topological polar surface area (TPSA) is 12.0 Å². The molecule has 0 bridgehead atoms. The van der Waals surface area contributed by atoms with E-state index >= 15 is 0 Å². The minimum atomic E-state index is 0.848. The van der Waals surface area contributed by atoms with Crippen LogP contribution in [0.3, 0.4) is 0 Å². The number of halogens is 1. The van der Waals surface area contributed by atoms with Crippen molar-refractivity contribution >= 4 is 23.4 Å². The molecule has 1 N–H and O–H groups in total. The molecule has 1 aromatic rings. The molecule has 0 aliphatic heterocycles. The van der Waals surface area contributed by atoms with Crippen LogP contribution in [0.1, 0.15) is 11.1 Å². The summed E-state index contributed by atoms with van der Waals surface area (Å²) in [7, 11) is 0. The van der Waals surface area contributed by atoms with E-state index in [0.29, 0.717) is 0 Å². The highest BCUT2D eigenvalue weighted by Crippen LogP contribution is 2.16. The predicted octanol–water partition coefficient (Wildman–Crippen LogP) is 3.66. The smallest absolute Gasteiger partial charge is 0.0438 e. The quantitative estimate of drug-likeness (QED) is 0.590. The number of rotatable bonds is 7. The number of benzene rings is 1. The van der Waals surface area contributed by atoms with Gasteiger partial charge in [0.25, 0.3) is 0 Å². The van der Waals surface area contributed by atoms with Gasteiger partial charge < -0.3 is 5.32 Å². The first-order valence-corrected chi connectivity index (χ1v) is 6.91. The van der Waals surface area contributed by atoms with E-state index in [0.717, 1.165) is 35.2 Å². The fourth-order valence-electron chi connectivity index (χ4n) is 1.29. The maximum atomic E-state index is 6.05. The lowest BCUT2D eigenvalue weighted by Gasteiger charge is -2.06. The zero-order valence-corrected chi connectivity index (χ0v) is 11.2. The highest BCUT2D eigenvalue weighted by molar-refractivity contribution is 7.99. The maximum Gasteiger partial charge on any atom is 0.0438 e. The summed E-state index contributed by atoms with van der Waals surface area (Å²) in [6.45, 7) is 7.61. The van der Waals surface area contributed by atoms with Gasteiger partial charge in [0.2, 0.25) is 0 Å². The zero-order chi connectivity index (χ0) is 11.8. The predicted molar refractivity (Wildman–Crippen MR) is 75.4 cm³/mol. The van der Waals surface area contributed by atoms with Gasteiger partial charge in [0, 0.05) is 29.6 Å². The summed E-state index contributed by atoms with van der Waals surface area (Å²) in [5.41, 5.74) is 2.37. The van der Waals surface area contributed by atoms with Crippen LogP contribution in [0.4, 0.5) is 0 Å². The zero-order valence-electron chi connectivity index (χ0n) is 9.63. The van der Waals surface area contributed by atoms with Crippen molar-refractivity contribution in [2.24, 2.45) is 0 Å². The van der Waals surface area contributed by atoms with E-state index in [1.54, 1.807) is 0 Å². The van der Waals surface area contributed by atoms with Gasteiger partial charge in [-0.3, -0.25) is 0 Å². The molecule has 0 spiro atoms. The van der Waals surface area contributed by atoms with E-state index < -0.39 is 0 Å². The Bertz CT molecular complexity index is 339. The van der Waals surface area contributed by atoms with Crippen molar-refractivity contribution in [3.8, 4) is 0 Å². The van der Waals surface area contributed by atoms with Crippen LogP contribution in [0.25, 0.3) is 0 Å². The molecule has 0 fully saturated rings. The van der Waals surface area contributed by atoms with E-state index in [4.69, 9.17) is 11.6 Å². The second kappa shape index (κ2) is 7.77. The molecule has 0 aliphatic carbocycles. The van der Waals surface area contributed by atoms with Crippen molar-refractivity contribution in [1.82, 2.24) is 5.32 Å². The molecule has 0 saturated carbocycles. The van der Waals surface area contributed by atoms with E-state index in [1.807, 2.05) is 30.8 Å². The van der Waals surface area contributed by atoms with E-state index in [9.17, 15) is 0 Å². The lowest BCUT2D eigenvalue weighted by Crippen LogP contribution is -2.16. The molecule has 0 amide bonds. The van der Waals surface area contributed by atoms with Gasteiger partial charge in [-0.2, -0.15) is 11.8 Å². The standard InChI is InChI=1S/C13H18ClNS/c1-3-7-16-8-6-15-10-12-5-4-11(2)13(14)9-12/h3-5,9,15H,1,6-8,10H2,2H3. The number of thioether (sulfide) groups is 1. The van der Waals surface area contributed by atoms with Crippen LogP contribution in [0.5, 0.6) is 0 Å². The van der Waals surface area contributed by atoms with Crippen LogP contribution in [0.15, 0.2) is 30.9 Å². The van der Waals surface area contributed by atoms with Gasteiger partial charge in [0.1, 0.15) is 0 Å². The summed E-state index contributed by atoms with van der Waals surface area (Å²) in [6.07, 6.45) is 1.93. The highest BCUT2D eigenvalue weighted by Gasteiger charge is 1.97. The Balaban J connectivity index is 2.21. The van der Waals surface area contributed by atoms with Gasteiger partial charge >= 0.3 is 0 Å². The van der Waals surface area contributed by atoms with Crippen LogP contribution in [-0.4, -0.2) is 18.1 Å². The highest BCUT2D eigenvalue weighted by atomic mass is 35.5. The summed E-state index contributed by atoms with van der Waals surface area (Å²) < 4.78 is 0. The second-order valence-electron chi connectivity index (χ2n) is 3.62. The van der Waals surface area contributed by atoms with Gasteiger partial charge in [0.15, 0.2) is 0 Å². The van der Waals surface area contributed by atoms with Crippen LogP contribution < -0.4 is 5.32 Å². The van der Waals surface area contributed by atoms with Gasteiger partial charge in [-0.15, -0.1) is 6.58 Å². The molecular formula is C13H18ClNS. The lowest BCUT2D eigenvalue weighted by atomic mass is 10.1. The minimum absolute atomic E-state index is 0.848. The van der Waals surface area contributed by atoms with E-state index in [1.165, 1.54) is 5.56 Å².